The van der Waals surface area contributed by atoms with Crippen molar-refractivity contribution in [3.8, 4) is 0 Å². The van der Waals surface area contributed by atoms with Crippen molar-refractivity contribution in [1.29, 1.82) is 0 Å². The molecule has 1 aliphatic rings. The second kappa shape index (κ2) is 8.51. The first-order valence-corrected chi connectivity index (χ1v) is 11.2. The van der Waals surface area contributed by atoms with Crippen LogP contribution in [0.1, 0.15) is 24.2 Å². The molecule has 6 nitrogen and oxygen atoms in total. The average molecular weight is 423 g/mol. The molecule has 1 N–H and O–H groups in total. The molecule has 0 aliphatic carbocycles. The standard InChI is InChI=1S/C20H23ClN2O4S/c1-14-13-27-19(17-5-3-4-6-18(17)21)12-23(14)20(24)22-11-15-7-9-16(10-8-15)28(2,25)26/h3-10,14,19H,11-13H2,1-2H3,(H,22,24). The van der Waals surface area contributed by atoms with Crippen LogP contribution in [-0.4, -0.2) is 44.8 Å². The van der Waals surface area contributed by atoms with Gasteiger partial charge >= 0.3 is 6.03 Å². The zero-order valence-corrected chi connectivity index (χ0v) is 17.3. The fourth-order valence-electron chi connectivity index (χ4n) is 3.10. The Balaban J connectivity index is 1.63. The van der Waals surface area contributed by atoms with Gasteiger partial charge in [0.15, 0.2) is 9.84 Å². The van der Waals surface area contributed by atoms with Gasteiger partial charge in [0.05, 0.1) is 24.1 Å². The Morgan fingerprint density at radius 3 is 2.54 bits per heavy atom. The van der Waals surface area contributed by atoms with E-state index in [2.05, 4.69) is 5.32 Å². The van der Waals surface area contributed by atoms with Gasteiger partial charge in [0.2, 0.25) is 0 Å². The molecule has 0 bridgehead atoms. The molecule has 1 saturated heterocycles. The molecule has 3 rings (SSSR count). The summed E-state index contributed by atoms with van der Waals surface area (Å²) in [6.45, 7) is 3.07. The molecule has 0 radical (unpaired) electrons. The maximum atomic E-state index is 12.7. The van der Waals surface area contributed by atoms with E-state index < -0.39 is 9.84 Å². The Bertz CT molecular complexity index is 947. The summed E-state index contributed by atoms with van der Waals surface area (Å²) in [6.07, 6.45) is 0.892. The van der Waals surface area contributed by atoms with E-state index in [1.54, 1.807) is 29.2 Å². The van der Waals surface area contributed by atoms with Gasteiger partial charge in [-0.3, -0.25) is 0 Å². The van der Waals surface area contributed by atoms with E-state index in [9.17, 15) is 13.2 Å². The number of nitrogens with one attached hydrogen (secondary N) is 1. The smallest absolute Gasteiger partial charge is 0.318 e. The first-order valence-electron chi connectivity index (χ1n) is 8.95. The van der Waals surface area contributed by atoms with Gasteiger partial charge in [-0.1, -0.05) is 41.9 Å². The van der Waals surface area contributed by atoms with Crippen LogP contribution >= 0.6 is 11.6 Å². The summed E-state index contributed by atoms with van der Waals surface area (Å²) in [7, 11) is -3.23. The molecule has 2 atom stereocenters. The van der Waals surface area contributed by atoms with E-state index in [4.69, 9.17) is 16.3 Å². The number of urea groups is 1. The summed E-state index contributed by atoms with van der Waals surface area (Å²) in [5, 5.41) is 3.51. The number of hydrogen-bond acceptors (Lipinski definition) is 4. The van der Waals surface area contributed by atoms with Crippen LogP contribution in [-0.2, 0) is 21.1 Å². The van der Waals surface area contributed by atoms with Gasteiger partial charge in [-0.25, -0.2) is 13.2 Å². The number of rotatable bonds is 4. The first-order chi connectivity index (χ1) is 13.3. The van der Waals surface area contributed by atoms with Crippen LogP contribution in [0, 0.1) is 0 Å². The number of ether oxygens (including phenoxy) is 1. The number of amides is 2. The number of morpholine rings is 1. The number of halogens is 1. The van der Waals surface area contributed by atoms with Gasteiger partial charge in [0.25, 0.3) is 0 Å². The van der Waals surface area contributed by atoms with Gasteiger partial charge in [-0.2, -0.15) is 0 Å². The molecule has 0 spiro atoms. The molecule has 28 heavy (non-hydrogen) atoms. The summed E-state index contributed by atoms with van der Waals surface area (Å²) < 4.78 is 28.9. The van der Waals surface area contributed by atoms with Crippen molar-refractivity contribution in [2.75, 3.05) is 19.4 Å². The van der Waals surface area contributed by atoms with E-state index in [1.165, 1.54) is 6.26 Å². The summed E-state index contributed by atoms with van der Waals surface area (Å²) in [4.78, 5) is 14.7. The molecule has 0 saturated carbocycles. The normalized spacial score (nSPS) is 20.0. The van der Waals surface area contributed by atoms with Crippen LogP contribution in [0.25, 0.3) is 0 Å². The fourth-order valence-corrected chi connectivity index (χ4v) is 3.99. The molecule has 2 aromatic carbocycles. The van der Waals surface area contributed by atoms with E-state index >= 15 is 0 Å². The van der Waals surface area contributed by atoms with Crippen molar-refractivity contribution in [2.24, 2.45) is 0 Å². The quantitative estimate of drug-likeness (QED) is 0.819. The molecular weight excluding hydrogens is 400 g/mol. The minimum atomic E-state index is -3.23. The zero-order chi connectivity index (χ0) is 20.3. The van der Waals surface area contributed by atoms with Gasteiger partial charge in [0, 0.05) is 23.4 Å². The predicted molar refractivity (Wildman–Crippen MR) is 108 cm³/mol. The second-order valence-corrected chi connectivity index (χ2v) is 9.34. The first kappa shape index (κ1) is 20.6. The molecule has 2 unspecified atom stereocenters. The monoisotopic (exact) mass is 422 g/mol. The topological polar surface area (TPSA) is 75.7 Å². The minimum Gasteiger partial charge on any atom is -0.369 e. The number of benzene rings is 2. The van der Waals surface area contributed by atoms with Gasteiger partial charge in [-0.15, -0.1) is 0 Å². The van der Waals surface area contributed by atoms with Crippen LogP contribution in [0.4, 0.5) is 4.79 Å². The molecule has 1 heterocycles. The highest BCUT2D eigenvalue weighted by Crippen LogP contribution is 2.29. The van der Waals surface area contributed by atoms with E-state index in [-0.39, 0.29) is 23.1 Å². The van der Waals surface area contributed by atoms with Gasteiger partial charge < -0.3 is 15.0 Å². The van der Waals surface area contributed by atoms with Crippen LogP contribution in [0.2, 0.25) is 5.02 Å². The largest absolute Gasteiger partial charge is 0.369 e. The Labute approximate surface area is 170 Å². The molecule has 2 amide bonds. The Morgan fingerprint density at radius 2 is 1.89 bits per heavy atom. The third-order valence-electron chi connectivity index (χ3n) is 4.74. The fraction of sp³-hybridized carbons (Fsp3) is 0.350. The zero-order valence-electron chi connectivity index (χ0n) is 15.8. The molecule has 1 aliphatic heterocycles. The average Bonchev–Trinajstić information content (AvgIpc) is 2.67. The predicted octanol–water partition coefficient (Wildman–Crippen LogP) is 3.42. The summed E-state index contributed by atoms with van der Waals surface area (Å²) >= 11 is 6.27. The van der Waals surface area contributed by atoms with Crippen molar-refractivity contribution in [1.82, 2.24) is 10.2 Å². The number of nitrogens with zero attached hydrogens (tertiary/aromatic N) is 1. The Kier molecular flexibility index (Phi) is 6.27. The van der Waals surface area contributed by atoms with Crippen molar-refractivity contribution in [3.63, 3.8) is 0 Å². The molecule has 0 aromatic heterocycles. The number of hydrogen-bond donors (Lipinski definition) is 1. The van der Waals surface area contributed by atoms with Crippen LogP contribution in [0.3, 0.4) is 0 Å². The van der Waals surface area contributed by atoms with Crippen molar-refractivity contribution >= 4 is 27.5 Å². The number of carbonyl (C=O) groups is 1. The van der Waals surface area contributed by atoms with Crippen LogP contribution in [0.5, 0.6) is 0 Å². The Hall–Kier alpha value is -2.09. The number of carbonyl (C=O) groups excluding carboxylic acids is 1. The molecule has 1 fully saturated rings. The lowest BCUT2D eigenvalue weighted by Gasteiger charge is -2.38. The Morgan fingerprint density at radius 1 is 1.21 bits per heavy atom. The van der Waals surface area contributed by atoms with Gasteiger partial charge in [-0.05, 0) is 30.7 Å². The molecular formula is C20H23ClN2O4S. The molecule has 2 aromatic rings. The lowest BCUT2D eigenvalue weighted by Crippen LogP contribution is -2.51. The third kappa shape index (κ3) is 4.84. The summed E-state index contributed by atoms with van der Waals surface area (Å²) in [5.41, 5.74) is 1.69. The van der Waals surface area contributed by atoms with Crippen molar-refractivity contribution in [2.45, 2.75) is 30.5 Å². The summed E-state index contributed by atoms with van der Waals surface area (Å²) in [5.74, 6) is 0. The highest BCUT2D eigenvalue weighted by molar-refractivity contribution is 7.90. The lowest BCUT2D eigenvalue weighted by atomic mass is 10.1. The van der Waals surface area contributed by atoms with Crippen molar-refractivity contribution in [3.05, 3.63) is 64.7 Å². The van der Waals surface area contributed by atoms with Crippen LogP contribution in [0.15, 0.2) is 53.4 Å². The lowest BCUT2D eigenvalue weighted by molar-refractivity contribution is -0.0427. The van der Waals surface area contributed by atoms with E-state index in [1.807, 2.05) is 31.2 Å². The SMILES string of the molecule is CC1COC(c2ccccc2Cl)CN1C(=O)NCc1ccc(S(C)(=O)=O)cc1. The molecule has 150 valence electrons. The van der Waals surface area contributed by atoms with E-state index in [0.717, 1.165) is 11.1 Å². The van der Waals surface area contributed by atoms with Gasteiger partial charge in [0.1, 0.15) is 6.10 Å². The molecule has 8 heteroatoms. The van der Waals surface area contributed by atoms with Crippen molar-refractivity contribution < 1.29 is 17.9 Å². The van der Waals surface area contributed by atoms with E-state index in [0.29, 0.717) is 24.7 Å². The second-order valence-electron chi connectivity index (χ2n) is 6.92. The third-order valence-corrected chi connectivity index (χ3v) is 6.21. The maximum Gasteiger partial charge on any atom is 0.318 e. The highest BCUT2D eigenvalue weighted by Gasteiger charge is 2.31. The van der Waals surface area contributed by atoms with Crippen LogP contribution < -0.4 is 5.32 Å². The summed E-state index contributed by atoms with van der Waals surface area (Å²) in [6, 6.07) is 13.7. The number of sulfone groups is 1. The minimum absolute atomic E-state index is 0.0636. The maximum absolute atomic E-state index is 12.7. The highest BCUT2D eigenvalue weighted by atomic mass is 35.5.